The number of nitrogens with zero attached hydrogens (tertiary/aromatic N) is 4. The summed E-state index contributed by atoms with van der Waals surface area (Å²) in [6.45, 7) is 3.96. The van der Waals surface area contributed by atoms with Gasteiger partial charge < -0.3 is 5.32 Å². The van der Waals surface area contributed by atoms with Crippen LogP contribution in [0.1, 0.15) is 17.0 Å². The molecule has 0 radical (unpaired) electrons. The molecule has 0 saturated heterocycles. The zero-order valence-electron chi connectivity index (χ0n) is 14.1. The van der Waals surface area contributed by atoms with Crippen LogP contribution in [0.2, 0.25) is 0 Å². The standard InChI is InChI=1S/C17H15N5OS3/c1-10-4-3-5-12(6-10)18-15-20-21-17(26-15)25-9-13-7-14(23)22-11(2)8-24-16(22)19-13/h3-8H,9H2,1-2H3,(H,18,20). The third kappa shape index (κ3) is 3.64. The average molecular weight is 402 g/mol. The number of thioether (sulfide) groups is 1. The Bertz CT molecular complexity index is 1130. The van der Waals surface area contributed by atoms with Gasteiger partial charge in [-0.1, -0.05) is 35.2 Å². The summed E-state index contributed by atoms with van der Waals surface area (Å²) in [4.78, 5) is 17.5. The number of hydrogen-bond donors (Lipinski definition) is 1. The molecule has 4 aromatic rings. The van der Waals surface area contributed by atoms with Gasteiger partial charge in [-0.25, -0.2) is 4.98 Å². The highest BCUT2D eigenvalue weighted by Gasteiger charge is 2.09. The summed E-state index contributed by atoms with van der Waals surface area (Å²) in [6.07, 6.45) is 0. The summed E-state index contributed by atoms with van der Waals surface area (Å²) < 4.78 is 2.47. The number of hydrogen-bond acceptors (Lipinski definition) is 8. The number of nitrogens with one attached hydrogen (secondary N) is 1. The van der Waals surface area contributed by atoms with Crippen LogP contribution in [-0.4, -0.2) is 19.6 Å². The average Bonchev–Trinajstić information content (AvgIpc) is 3.20. The Labute approximate surface area is 162 Å². The Hall–Kier alpha value is -2.23. The van der Waals surface area contributed by atoms with E-state index in [-0.39, 0.29) is 5.56 Å². The van der Waals surface area contributed by atoms with E-state index in [0.717, 1.165) is 31.5 Å². The van der Waals surface area contributed by atoms with Gasteiger partial charge in [-0.05, 0) is 31.5 Å². The Kier molecular flexibility index (Phi) is 4.75. The van der Waals surface area contributed by atoms with Crippen LogP contribution in [0.3, 0.4) is 0 Å². The quantitative estimate of drug-likeness (QED) is 0.504. The van der Waals surface area contributed by atoms with E-state index in [2.05, 4.69) is 26.6 Å². The van der Waals surface area contributed by atoms with E-state index < -0.39 is 0 Å². The Morgan fingerprint density at radius 2 is 2.12 bits per heavy atom. The lowest BCUT2D eigenvalue weighted by Crippen LogP contribution is -2.14. The Morgan fingerprint density at radius 1 is 1.23 bits per heavy atom. The van der Waals surface area contributed by atoms with Crippen molar-refractivity contribution in [2.75, 3.05) is 5.32 Å². The number of aromatic nitrogens is 4. The normalized spacial score (nSPS) is 11.2. The van der Waals surface area contributed by atoms with Crippen molar-refractivity contribution >= 4 is 50.2 Å². The molecule has 0 atom stereocenters. The first-order chi connectivity index (χ1) is 12.6. The summed E-state index contributed by atoms with van der Waals surface area (Å²) >= 11 is 4.49. The van der Waals surface area contributed by atoms with Crippen LogP contribution in [0.4, 0.5) is 10.8 Å². The highest BCUT2D eigenvalue weighted by molar-refractivity contribution is 8.00. The van der Waals surface area contributed by atoms with E-state index in [4.69, 9.17) is 0 Å². The monoisotopic (exact) mass is 401 g/mol. The van der Waals surface area contributed by atoms with Gasteiger partial charge in [-0.2, -0.15) is 0 Å². The third-order valence-corrected chi connectivity index (χ3v) is 6.60. The van der Waals surface area contributed by atoms with Gasteiger partial charge in [-0.15, -0.1) is 21.5 Å². The number of rotatable bonds is 5. The SMILES string of the molecule is Cc1cccc(Nc2nnc(SCc3cc(=O)n4c(C)csc4n3)s2)c1. The highest BCUT2D eigenvalue weighted by atomic mass is 32.2. The van der Waals surface area contributed by atoms with E-state index in [1.54, 1.807) is 10.5 Å². The van der Waals surface area contributed by atoms with E-state index in [1.807, 2.05) is 37.4 Å². The van der Waals surface area contributed by atoms with Crippen LogP contribution in [-0.2, 0) is 5.75 Å². The van der Waals surface area contributed by atoms with Crippen molar-refractivity contribution in [3.05, 3.63) is 63.0 Å². The van der Waals surface area contributed by atoms with Crippen molar-refractivity contribution in [1.29, 1.82) is 0 Å². The first-order valence-electron chi connectivity index (χ1n) is 7.85. The van der Waals surface area contributed by atoms with Crippen molar-refractivity contribution < 1.29 is 0 Å². The third-order valence-electron chi connectivity index (χ3n) is 3.65. The minimum Gasteiger partial charge on any atom is -0.330 e. The smallest absolute Gasteiger partial charge is 0.258 e. The molecule has 3 heterocycles. The fourth-order valence-corrected chi connectivity index (χ4v) is 5.03. The topological polar surface area (TPSA) is 72.2 Å². The van der Waals surface area contributed by atoms with Gasteiger partial charge in [0.15, 0.2) is 9.30 Å². The van der Waals surface area contributed by atoms with Crippen LogP contribution in [0.15, 0.2) is 44.8 Å². The molecule has 0 saturated carbocycles. The lowest BCUT2D eigenvalue weighted by molar-refractivity contribution is 0.992. The van der Waals surface area contributed by atoms with Crippen LogP contribution in [0, 0.1) is 13.8 Å². The second-order valence-corrected chi connectivity index (χ2v) is 8.77. The fraction of sp³-hybridized carbons (Fsp3) is 0.176. The summed E-state index contributed by atoms with van der Waals surface area (Å²) in [5.41, 5.74) is 3.81. The van der Waals surface area contributed by atoms with E-state index in [9.17, 15) is 4.79 Å². The van der Waals surface area contributed by atoms with Crippen molar-refractivity contribution in [2.45, 2.75) is 23.9 Å². The number of benzene rings is 1. The van der Waals surface area contributed by atoms with E-state index in [1.165, 1.54) is 40.0 Å². The fourth-order valence-electron chi connectivity index (χ4n) is 2.48. The van der Waals surface area contributed by atoms with Crippen LogP contribution >= 0.6 is 34.4 Å². The molecule has 0 amide bonds. The first kappa shape index (κ1) is 17.2. The molecule has 0 aliphatic carbocycles. The highest BCUT2D eigenvalue weighted by Crippen LogP contribution is 2.29. The molecule has 26 heavy (non-hydrogen) atoms. The maximum Gasteiger partial charge on any atom is 0.258 e. The predicted octanol–water partition coefficient (Wildman–Crippen LogP) is 4.26. The molecule has 132 valence electrons. The van der Waals surface area contributed by atoms with Crippen LogP contribution in [0.5, 0.6) is 0 Å². The minimum atomic E-state index is -0.0385. The summed E-state index contributed by atoms with van der Waals surface area (Å²) in [5, 5.41) is 14.3. The number of fused-ring (bicyclic) bond motifs is 1. The van der Waals surface area contributed by atoms with E-state index >= 15 is 0 Å². The van der Waals surface area contributed by atoms with Crippen molar-refractivity contribution in [1.82, 2.24) is 19.6 Å². The zero-order chi connectivity index (χ0) is 18.1. The maximum atomic E-state index is 12.2. The van der Waals surface area contributed by atoms with Gasteiger partial charge in [0.05, 0.1) is 5.69 Å². The Balaban J connectivity index is 1.45. The van der Waals surface area contributed by atoms with Crippen molar-refractivity contribution in [3.8, 4) is 0 Å². The summed E-state index contributed by atoms with van der Waals surface area (Å²) in [6, 6.07) is 9.70. The Morgan fingerprint density at radius 3 is 2.96 bits per heavy atom. The van der Waals surface area contributed by atoms with Crippen LogP contribution in [0.25, 0.3) is 4.96 Å². The van der Waals surface area contributed by atoms with Gasteiger partial charge in [0.1, 0.15) is 0 Å². The molecular formula is C17H15N5OS3. The molecule has 3 aromatic heterocycles. The number of thiazole rings is 1. The number of anilines is 2. The predicted molar refractivity (Wildman–Crippen MR) is 108 cm³/mol. The van der Waals surface area contributed by atoms with Crippen molar-refractivity contribution in [2.24, 2.45) is 0 Å². The lowest BCUT2D eigenvalue weighted by Gasteiger charge is -2.02. The molecule has 1 aromatic carbocycles. The molecule has 0 unspecified atom stereocenters. The molecule has 4 rings (SSSR count). The van der Waals surface area contributed by atoms with Crippen LogP contribution < -0.4 is 10.9 Å². The van der Waals surface area contributed by atoms with Gasteiger partial charge in [0, 0.05) is 28.6 Å². The maximum absolute atomic E-state index is 12.2. The lowest BCUT2D eigenvalue weighted by atomic mass is 10.2. The second kappa shape index (κ2) is 7.18. The molecule has 0 bridgehead atoms. The molecule has 0 aliphatic rings. The first-order valence-corrected chi connectivity index (χ1v) is 10.5. The second-order valence-electron chi connectivity index (χ2n) is 5.74. The van der Waals surface area contributed by atoms with Gasteiger partial charge in [0.2, 0.25) is 5.13 Å². The molecule has 6 nitrogen and oxygen atoms in total. The molecule has 9 heteroatoms. The van der Waals surface area contributed by atoms with Gasteiger partial charge >= 0.3 is 0 Å². The largest absolute Gasteiger partial charge is 0.330 e. The summed E-state index contributed by atoms with van der Waals surface area (Å²) in [5.74, 6) is 0.585. The molecule has 0 spiro atoms. The van der Waals surface area contributed by atoms with Crippen molar-refractivity contribution in [3.63, 3.8) is 0 Å². The van der Waals surface area contributed by atoms with Gasteiger partial charge in [0.25, 0.3) is 5.56 Å². The minimum absolute atomic E-state index is 0.0385. The molecule has 0 fully saturated rings. The molecule has 0 aliphatic heterocycles. The van der Waals surface area contributed by atoms with E-state index in [0.29, 0.717) is 5.75 Å². The zero-order valence-corrected chi connectivity index (χ0v) is 16.5. The van der Waals surface area contributed by atoms with Gasteiger partial charge in [-0.3, -0.25) is 9.20 Å². The number of aryl methyl sites for hydroxylation is 2. The molecule has 1 N–H and O–H groups in total. The molecular weight excluding hydrogens is 386 g/mol. The summed E-state index contributed by atoms with van der Waals surface area (Å²) in [7, 11) is 0.